The summed E-state index contributed by atoms with van der Waals surface area (Å²) in [5.74, 6) is -0.523. The van der Waals surface area contributed by atoms with Gasteiger partial charge in [-0.25, -0.2) is 9.97 Å². The molecule has 4 heterocycles. The second kappa shape index (κ2) is 12.6. The van der Waals surface area contributed by atoms with E-state index in [1.54, 1.807) is 18.3 Å². The quantitative estimate of drug-likeness (QED) is 0.330. The number of carbonyl (C=O) groups excluding carboxylic acids is 5. The highest BCUT2D eigenvalue weighted by Crippen LogP contribution is 2.26. The van der Waals surface area contributed by atoms with Crippen LogP contribution in [0.15, 0.2) is 30.6 Å². The van der Waals surface area contributed by atoms with Gasteiger partial charge < -0.3 is 20.4 Å². The normalized spacial score (nSPS) is 20.3. The van der Waals surface area contributed by atoms with Gasteiger partial charge >= 0.3 is 0 Å². The minimum absolute atomic E-state index is 0.162. The number of piperidine rings is 2. The maximum atomic E-state index is 13.4. The molecule has 13 nitrogen and oxygen atoms in total. The van der Waals surface area contributed by atoms with Crippen molar-refractivity contribution >= 4 is 41.4 Å². The molecule has 0 radical (unpaired) electrons. The summed E-state index contributed by atoms with van der Waals surface area (Å²) in [5, 5.41) is 2.28. The monoisotopic (exact) mass is 576 g/mol. The summed E-state index contributed by atoms with van der Waals surface area (Å²) in [6.07, 6.45) is 6.18. The Balaban J connectivity index is 1.14. The third kappa shape index (κ3) is 6.40. The van der Waals surface area contributed by atoms with Crippen molar-refractivity contribution in [3.05, 3.63) is 47.4 Å². The van der Waals surface area contributed by atoms with E-state index in [9.17, 15) is 24.0 Å². The van der Waals surface area contributed by atoms with Gasteiger partial charge in [0.2, 0.25) is 11.8 Å². The van der Waals surface area contributed by atoms with E-state index < -0.39 is 23.8 Å². The van der Waals surface area contributed by atoms with E-state index in [0.29, 0.717) is 12.2 Å². The molecule has 1 aromatic carbocycles. The lowest BCUT2D eigenvalue weighted by molar-refractivity contribution is -0.136. The zero-order valence-electron chi connectivity index (χ0n) is 23.7. The van der Waals surface area contributed by atoms with Crippen molar-refractivity contribution in [1.29, 1.82) is 0 Å². The summed E-state index contributed by atoms with van der Waals surface area (Å²) < 4.78 is 0. The first-order valence-electron chi connectivity index (χ1n) is 14.3. The van der Waals surface area contributed by atoms with Crippen molar-refractivity contribution in [1.82, 2.24) is 25.1 Å². The van der Waals surface area contributed by atoms with Crippen LogP contribution in [0.3, 0.4) is 0 Å². The molecule has 2 aromatic rings. The number of nitrogens with two attached hydrogens (primary N) is 1. The Hall–Kier alpha value is -4.39. The van der Waals surface area contributed by atoms with Crippen molar-refractivity contribution in [2.45, 2.75) is 31.7 Å². The van der Waals surface area contributed by atoms with Crippen molar-refractivity contribution in [2.24, 2.45) is 11.7 Å². The van der Waals surface area contributed by atoms with Gasteiger partial charge in [-0.2, -0.15) is 0 Å². The van der Waals surface area contributed by atoms with Crippen molar-refractivity contribution in [3.8, 4) is 0 Å². The van der Waals surface area contributed by atoms with Crippen LogP contribution in [0, 0.1) is 5.92 Å². The van der Waals surface area contributed by atoms with Gasteiger partial charge in [0, 0.05) is 70.5 Å². The number of nitrogens with one attached hydrogen (secondary N) is 1. The first-order valence-corrected chi connectivity index (χ1v) is 14.3. The maximum Gasteiger partial charge on any atom is 0.268 e. The molecule has 1 aromatic heterocycles. The Labute approximate surface area is 244 Å². The predicted molar refractivity (Wildman–Crippen MR) is 154 cm³/mol. The van der Waals surface area contributed by atoms with E-state index in [1.807, 2.05) is 6.07 Å². The molecule has 1 unspecified atom stereocenters. The Morgan fingerprint density at radius 2 is 1.76 bits per heavy atom. The molecule has 4 amide bonds. The molecule has 3 fully saturated rings. The Morgan fingerprint density at radius 1 is 1.02 bits per heavy atom. The summed E-state index contributed by atoms with van der Waals surface area (Å²) in [4.78, 5) is 76.8. The molecule has 5 rings (SSSR count). The van der Waals surface area contributed by atoms with Crippen LogP contribution in [-0.2, 0) is 9.59 Å². The summed E-state index contributed by atoms with van der Waals surface area (Å²) in [5.41, 5.74) is 6.79. The minimum Gasteiger partial charge on any atom is -0.369 e. The van der Waals surface area contributed by atoms with Crippen LogP contribution in [0.5, 0.6) is 0 Å². The SMILES string of the molecule is CN(C(=O)c1cc(N2CCN(CC3CCN(c4cnc(C(N)=O)cn4)CC3)CC2)ccc1C=O)C1CCC(=O)NC1=O. The van der Waals surface area contributed by atoms with Crippen LogP contribution in [-0.4, -0.2) is 109 Å². The summed E-state index contributed by atoms with van der Waals surface area (Å²) >= 11 is 0. The molecule has 0 bridgehead atoms. The lowest BCUT2D eigenvalue weighted by atomic mass is 9.96. The number of carbonyl (C=O) groups is 5. The highest BCUT2D eigenvalue weighted by molar-refractivity contribution is 6.06. The molecule has 0 aliphatic carbocycles. The maximum absolute atomic E-state index is 13.4. The Kier molecular flexibility index (Phi) is 8.76. The van der Waals surface area contributed by atoms with E-state index in [-0.39, 0.29) is 35.6 Å². The number of amides is 4. The fourth-order valence-electron chi connectivity index (χ4n) is 5.92. The van der Waals surface area contributed by atoms with Crippen LogP contribution in [0.25, 0.3) is 0 Å². The average Bonchev–Trinajstić information content (AvgIpc) is 3.01. The zero-order chi connectivity index (χ0) is 29.8. The number of hydrogen-bond acceptors (Lipinski definition) is 10. The standard InChI is InChI=1S/C29H36N8O5/c1-34(24-4-5-26(39)33-28(24)41)29(42)22-14-21(3-2-20(22)18-38)36-12-10-35(11-13-36)17-19-6-8-37(9-7-19)25-16-31-23(15-32-25)27(30)40/h2-3,14-16,18-19,24H,4-13,17H2,1H3,(H2,30,40)(H,33,39,41). The van der Waals surface area contributed by atoms with Crippen molar-refractivity contribution in [2.75, 3.05) is 62.7 Å². The van der Waals surface area contributed by atoms with Crippen LogP contribution >= 0.6 is 0 Å². The first-order chi connectivity index (χ1) is 20.2. The number of hydrogen-bond donors (Lipinski definition) is 2. The molecule has 42 heavy (non-hydrogen) atoms. The molecule has 3 aliphatic rings. The van der Waals surface area contributed by atoms with E-state index in [4.69, 9.17) is 5.73 Å². The number of benzene rings is 1. The second-order valence-corrected chi connectivity index (χ2v) is 11.1. The van der Waals surface area contributed by atoms with E-state index in [1.165, 1.54) is 18.1 Å². The number of likely N-dealkylation sites (N-methyl/N-ethyl adjacent to an activating group) is 1. The first kappa shape index (κ1) is 29.1. The molecule has 13 heteroatoms. The number of anilines is 2. The number of piperazine rings is 1. The lowest BCUT2D eigenvalue weighted by Gasteiger charge is -2.40. The highest BCUT2D eigenvalue weighted by atomic mass is 16.2. The molecule has 3 saturated heterocycles. The molecule has 0 spiro atoms. The van der Waals surface area contributed by atoms with Crippen LogP contribution in [0.4, 0.5) is 11.5 Å². The second-order valence-electron chi connectivity index (χ2n) is 11.1. The topological polar surface area (TPSA) is 162 Å². The summed E-state index contributed by atoms with van der Waals surface area (Å²) in [7, 11) is 1.53. The highest BCUT2D eigenvalue weighted by Gasteiger charge is 2.33. The number of aromatic nitrogens is 2. The van der Waals surface area contributed by atoms with Gasteiger partial charge in [0.1, 0.15) is 17.6 Å². The van der Waals surface area contributed by atoms with Crippen LogP contribution in [0.2, 0.25) is 0 Å². The van der Waals surface area contributed by atoms with Crippen LogP contribution < -0.4 is 20.9 Å². The average molecular weight is 577 g/mol. The third-order valence-electron chi connectivity index (χ3n) is 8.48. The number of nitrogens with zero attached hydrogens (tertiary/aromatic N) is 6. The number of imide groups is 1. The molecular formula is C29H36N8O5. The zero-order valence-corrected chi connectivity index (χ0v) is 23.7. The molecule has 3 aliphatic heterocycles. The van der Waals surface area contributed by atoms with Gasteiger partial charge in [0.15, 0.2) is 6.29 Å². The molecule has 0 saturated carbocycles. The smallest absolute Gasteiger partial charge is 0.268 e. The van der Waals surface area contributed by atoms with Crippen LogP contribution in [0.1, 0.15) is 56.9 Å². The molecule has 1 atom stereocenters. The summed E-state index contributed by atoms with van der Waals surface area (Å²) in [6, 6.07) is 4.49. The largest absolute Gasteiger partial charge is 0.369 e. The van der Waals surface area contributed by atoms with Gasteiger partial charge in [0.25, 0.3) is 11.8 Å². The minimum atomic E-state index is -0.760. The molecule has 3 N–H and O–H groups in total. The van der Waals surface area contributed by atoms with E-state index in [2.05, 4.69) is 30.0 Å². The van der Waals surface area contributed by atoms with Gasteiger partial charge in [-0.3, -0.25) is 34.2 Å². The lowest BCUT2D eigenvalue weighted by Crippen LogP contribution is -2.53. The fourth-order valence-corrected chi connectivity index (χ4v) is 5.92. The number of primary amides is 1. The van der Waals surface area contributed by atoms with E-state index in [0.717, 1.165) is 70.2 Å². The van der Waals surface area contributed by atoms with Gasteiger partial charge in [-0.15, -0.1) is 0 Å². The molecule has 222 valence electrons. The van der Waals surface area contributed by atoms with E-state index >= 15 is 0 Å². The van der Waals surface area contributed by atoms with Gasteiger partial charge in [-0.05, 0) is 43.4 Å². The number of aldehydes is 1. The molecular weight excluding hydrogens is 540 g/mol. The van der Waals surface area contributed by atoms with Crippen molar-refractivity contribution in [3.63, 3.8) is 0 Å². The summed E-state index contributed by atoms with van der Waals surface area (Å²) in [6.45, 7) is 6.11. The van der Waals surface area contributed by atoms with Gasteiger partial charge in [-0.1, -0.05) is 0 Å². The third-order valence-corrected chi connectivity index (χ3v) is 8.48. The number of rotatable bonds is 8. The Bertz CT molecular complexity index is 1350. The van der Waals surface area contributed by atoms with Crippen molar-refractivity contribution < 1.29 is 24.0 Å². The fraction of sp³-hybridized carbons (Fsp3) is 0.483. The Morgan fingerprint density at radius 3 is 2.38 bits per heavy atom. The predicted octanol–water partition coefficient (Wildman–Crippen LogP) is 0.304. The van der Waals surface area contributed by atoms with Gasteiger partial charge in [0.05, 0.1) is 18.0 Å².